The van der Waals surface area contributed by atoms with Gasteiger partial charge in [0.05, 0.1) is 24.0 Å². The highest BCUT2D eigenvalue weighted by molar-refractivity contribution is 5.88. The fourth-order valence-corrected chi connectivity index (χ4v) is 1.83. The van der Waals surface area contributed by atoms with Gasteiger partial charge in [-0.05, 0) is 24.6 Å². The number of aromatic carboxylic acids is 1. The van der Waals surface area contributed by atoms with Gasteiger partial charge in [0.2, 0.25) is 0 Å². The van der Waals surface area contributed by atoms with Crippen LogP contribution in [0.4, 0.5) is 13.2 Å². The summed E-state index contributed by atoms with van der Waals surface area (Å²) >= 11 is 0. The molecule has 0 atom stereocenters. The van der Waals surface area contributed by atoms with Crippen LogP contribution in [0.2, 0.25) is 0 Å². The van der Waals surface area contributed by atoms with Gasteiger partial charge in [-0.15, -0.1) is 0 Å². The van der Waals surface area contributed by atoms with E-state index in [1.165, 1.54) is 23.0 Å². The summed E-state index contributed by atoms with van der Waals surface area (Å²) in [4.78, 5) is 10.9. The van der Waals surface area contributed by atoms with Crippen LogP contribution in [0.25, 0.3) is 0 Å². The minimum Gasteiger partial charge on any atom is -0.478 e. The van der Waals surface area contributed by atoms with E-state index in [9.17, 15) is 18.0 Å². The zero-order valence-corrected chi connectivity index (χ0v) is 10.5. The van der Waals surface area contributed by atoms with Gasteiger partial charge in [0.15, 0.2) is 0 Å². The van der Waals surface area contributed by atoms with Crippen LogP contribution in [0, 0.1) is 6.92 Å². The average molecular weight is 284 g/mol. The number of hydrogen-bond acceptors (Lipinski definition) is 2. The number of carboxylic acids is 1. The minimum atomic E-state index is -4.40. The number of aromatic nitrogens is 2. The molecular formula is C13H11F3N2O2. The maximum atomic E-state index is 12.6. The first-order chi connectivity index (χ1) is 9.29. The SMILES string of the molecule is Cc1c(C(=O)O)cnn1Cc1cccc(C(F)(F)F)c1. The van der Waals surface area contributed by atoms with Crippen LogP contribution < -0.4 is 0 Å². The maximum Gasteiger partial charge on any atom is 0.416 e. The normalized spacial score (nSPS) is 11.6. The van der Waals surface area contributed by atoms with E-state index in [2.05, 4.69) is 5.10 Å². The van der Waals surface area contributed by atoms with Gasteiger partial charge in [-0.2, -0.15) is 18.3 Å². The summed E-state index contributed by atoms with van der Waals surface area (Å²) in [6, 6.07) is 4.87. The van der Waals surface area contributed by atoms with Crippen molar-refractivity contribution in [1.29, 1.82) is 0 Å². The molecule has 0 fully saturated rings. The van der Waals surface area contributed by atoms with E-state index in [0.29, 0.717) is 11.3 Å². The Morgan fingerprint density at radius 3 is 2.65 bits per heavy atom. The summed E-state index contributed by atoms with van der Waals surface area (Å²) in [5, 5.41) is 12.8. The average Bonchev–Trinajstić information content (AvgIpc) is 2.70. The molecule has 0 radical (unpaired) electrons. The molecule has 0 bridgehead atoms. The monoisotopic (exact) mass is 284 g/mol. The topological polar surface area (TPSA) is 55.1 Å². The lowest BCUT2D eigenvalue weighted by Gasteiger charge is -2.09. The van der Waals surface area contributed by atoms with Crippen molar-refractivity contribution in [2.24, 2.45) is 0 Å². The Balaban J connectivity index is 2.29. The van der Waals surface area contributed by atoms with Gasteiger partial charge in [0.1, 0.15) is 5.56 Å². The van der Waals surface area contributed by atoms with Crippen molar-refractivity contribution in [3.63, 3.8) is 0 Å². The van der Waals surface area contributed by atoms with Crippen molar-refractivity contribution in [2.45, 2.75) is 19.6 Å². The summed E-state index contributed by atoms with van der Waals surface area (Å²) in [5.74, 6) is -1.11. The Morgan fingerprint density at radius 1 is 1.40 bits per heavy atom. The van der Waals surface area contributed by atoms with Crippen molar-refractivity contribution in [3.05, 3.63) is 52.8 Å². The molecule has 1 N–H and O–H groups in total. The smallest absolute Gasteiger partial charge is 0.416 e. The lowest BCUT2D eigenvalue weighted by atomic mass is 10.1. The highest BCUT2D eigenvalue weighted by atomic mass is 19.4. The van der Waals surface area contributed by atoms with E-state index >= 15 is 0 Å². The molecule has 0 saturated carbocycles. The third-order valence-electron chi connectivity index (χ3n) is 2.92. The molecule has 0 saturated heterocycles. The Morgan fingerprint density at radius 2 is 2.10 bits per heavy atom. The Kier molecular flexibility index (Phi) is 3.52. The van der Waals surface area contributed by atoms with Crippen molar-refractivity contribution < 1.29 is 23.1 Å². The Labute approximate surface area is 112 Å². The number of carboxylic acid groups (broad SMARTS) is 1. The van der Waals surface area contributed by atoms with E-state index in [1.807, 2.05) is 0 Å². The third kappa shape index (κ3) is 2.81. The molecule has 20 heavy (non-hydrogen) atoms. The van der Waals surface area contributed by atoms with Gasteiger partial charge in [-0.1, -0.05) is 12.1 Å². The fourth-order valence-electron chi connectivity index (χ4n) is 1.83. The number of hydrogen-bond donors (Lipinski definition) is 1. The second-order valence-corrected chi connectivity index (χ2v) is 4.30. The van der Waals surface area contributed by atoms with Crippen LogP contribution in [0.1, 0.15) is 27.2 Å². The van der Waals surface area contributed by atoms with E-state index in [4.69, 9.17) is 5.11 Å². The van der Waals surface area contributed by atoms with Gasteiger partial charge in [0.25, 0.3) is 0 Å². The predicted molar refractivity (Wildman–Crippen MR) is 64.5 cm³/mol. The second-order valence-electron chi connectivity index (χ2n) is 4.30. The number of alkyl halides is 3. The molecular weight excluding hydrogens is 273 g/mol. The Bertz CT molecular complexity index is 647. The second kappa shape index (κ2) is 4.99. The molecule has 0 spiro atoms. The van der Waals surface area contributed by atoms with E-state index in [1.54, 1.807) is 6.92 Å². The number of rotatable bonds is 3. The summed E-state index contributed by atoms with van der Waals surface area (Å²) < 4.78 is 39.1. The lowest BCUT2D eigenvalue weighted by molar-refractivity contribution is -0.137. The molecule has 106 valence electrons. The standard InChI is InChI=1S/C13H11F3N2O2/c1-8-11(12(19)20)6-17-18(8)7-9-3-2-4-10(5-9)13(14,15)16/h2-6H,7H2,1H3,(H,19,20). The third-order valence-corrected chi connectivity index (χ3v) is 2.92. The van der Waals surface area contributed by atoms with Crippen LogP contribution in [-0.4, -0.2) is 20.9 Å². The van der Waals surface area contributed by atoms with Gasteiger partial charge in [0, 0.05) is 0 Å². The first-order valence-corrected chi connectivity index (χ1v) is 5.71. The molecule has 2 aromatic rings. The molecule has 1 heterocycles. The van der Waals surface area contributed by atoms with E-state index < -0.39 is 17.7 Å². The first-order valence-electron chi connectivity index (χ1n) is 5.71. The van der Waals surface area contributed by atoms with Crippen molar-refractivity contribution in [3.8, 4) is 0 Å². The highest BCUT2D eigenvalue weighted by Crippen LogP contribution is 2.29. The molecule has 4 nitrogen and oxygen atoms in total. The largest absolute Gasteiger partial charge is 0.478 e. The molecule has 7 heteroatoms. The molecule has 0 aliphatic rings. The van der Waals surface area contributed by atoms with Crippen LogP contribution in [0.15, 0.2) is 30.5 Å². The lowest BCUT2D eigenvalue weighted by Crippen LogP contribution is -2.09. The molecule has 1 aromatic heterocycles. The summed E-state index contributed by atoms with van der Waals surface area (Å²) in [6.07, 6.45) is -3.22. The fraction of sp³-hybridized carbons (Fsp3) is 0.231. The number of carbonyl (C=O) groups is 1. The Hall–Kier alpha value is -2.31. The zero-order valence-electron chi connectivity index (χ0n) is 10.5. The van der Waals surface area contributed by atoms with Crippen LogP contribution in [0.3, 0.4) is 0 Å². The molecule has 0 unspecified atom stereocenters. The zero-order chi connectivity index (χ0) is 14.9. The quantitative estimate of drug-likeness (QED) is 0.942. The van der Waals surface area contributed by atoms with Crippen LogP contribution in [-0.2, 0) is 12.7 Å². The van der Waals surface area contributed by atoms with Gasteiger partial charge in [-0.3, -0.25) is 4.68 Å². The van der Waals surface area contributed by atoms with Gasteiger partial charge in [-0.25, -0.2) is 4.79 Å². The summed E-state index contributed by atoms with van der Waals surface area (Å²) in [5.41, 5.74) is 0.105. The summed E-state index contributed by atoms with van der Waals surface area (Å²) in [7, 11) is 0. The van der Waals surface area contributed by atoms with E-state index in [-0.39, 0.29) is 12.1 Å². The van der Waals surface area contributed by atoms with Crippen molar-refractivity contribution in [2.75, 3.05) is 0 Å². The number of benzene rings is 1. The number of nitrogens with zero attached hydrogens (tertiary/aromatic N) is 2. The maximum absolute atomic E-state index is 12.6. The first kappa shape index (κ1) is 14.1. The molecule has 1 aromatic carbocycles. The van der Waals surface area contributed by atoms with Gasteiger partial charge < -0.3 is 5.11 Å². The van der Waals surface area contributed by atoms with Gasteiger partial charge >= 0.3 is 12.1 Å². The molecule has 2 rings (SSSR count). The summed E-state index contributed by atoms with van der Waals surface area (Å²) in [6.45, 7) is 1.65. The minimum absolute atomic E-state index is 0.0389. The number of halogens is 3. The van der Waals surface area contributed by atoms with Crippen molar-refractivity contribution >= 4 is 5.97 Å². The highest BCUT2D eigenvalue weighted by Gasteiger charge is 2.30. The molecule has 0 amide bonds. The van der Waals surface area contributed by atoms with Crippen LogP contribution in [0.5, 0.6) is 0 Å². The predicted octanol–water partition coefficient (Wildman–Crippen LogP) is 2.96. The molecule has 0 aliphatic heterocycles. The van der Waals surface area contributed by atoms with Crippen molar-refractivity contribution in [1.82, 2.24) is 9.78 Å². The molecule has 0 aliphatic carbocycles. The van der Waals surface area contributed by atoms with Crippen LogP contribution >= 0.6 is 0 Å². The van der Waals surface area contributed by atoms with E-state index in [0.717, 1.165) is 12.1 Å².